The molecule has 2 aliphatic rings. The van der Waals surface area contributed by atoms with Crippen LogP contribution in [0.3, 0.4) is 0 Å². The molecular weight excluding hydrogens is 306 g/mol. The molecule has 2 fully saturated rings. The van der Waals surface area contributed by atoms with E-state index in [1.807, 2.05) is 11.8 Å². The fourth-order valence-corrected chi connectivity index (χ4v) is 3.72. The number of morpholine rings is 1. The lowest BCUT2D eigenvalue weighted by Gasteiger charge is -2.37. The first-order valence-electron chi connectivity index (χ1n) is 9.30. The van der Waals surface area contributed by atoms with Crippen LogP contribution in [0.15, 0.2) is 0 Å². The Hall–Kier alpha value is -0.850. The third-order valence-corrected chi connectivity index (χ3v) is 5.15. The predicted molar refractivity (Wildman–Crippen MR) is 95.3 cm³/mol. The summed E-state index contributed by atoms with van der Waals surface area (Å²) in [6, 6.07) is 0.174. The number of likely N-dealkylation sites (tertiary alicyclic amines) is 1. The molecule has 0 radical (unpaired) electrons. The summed E-state index contributed by atoms with van der Waals surface area (Å²) < 4.78 is 10.9. The number of hydrogen-bond donors (Lipinski definition) is 1. The summed E-state index contributed by atoms with van der Waals surface area (Å²) in [7, 11) is 1.72. The number of piperidine rings is 1. The van der Waals surface area contributed by atoms with E-state index in [1.165, 1.54) is 6.42 Å². The molecule has 0 aromatic rings. The second kappa shape index (κ2) is 9.02. The van der Waals surface area contributed by atoms with Gasteiger partial charge in [0.25, 0.3) is 0 Å². The molecule has 1 N–H and O–H groups in total. The first-order chi connectivity index (χ1) is 11.4. The highest BCUT2D eigenvalue weighted by Crippen LogP contribution is 2.19. The van der Waals surface area contributed by atoms with Gasteiger partial charge in [-0.25, -0.2) is 4.79 Å². The quantitative estimate of drug-likeness (QED) is 0.802. The number of hydrogen-bond acceptors (Lipinski definition) is 4. The van der Waals surface area contributed by atoms with E-state index < -0.39 is 0 Å². The molecule has 1 unspecified atom stereocenters. The maximum absolute atomic E-state index is 12.6. The van der Waals surface area contributed by atoms with Crippen molar-refractivity contribution in [3.05, 3.63) is 0 Å². The van der Waals surface area contributed by atoms with Crippen LogP contribution in [0.2, 0.25) is 0 Å². The van der Waals surface area contributed by atoms with Crippen molar-refractivity contribution in [3.63, 3.8) is 0 Å². The summed E-state index contributed by atoms with van der Waals surface area (Å²) in [6.45, 7) is 12.7. The lowest BCUT2D eigenvalue weighted by atomic mass is 9.97. The van der Waals surface area contributed by atoms with Crippen molar-refractivity contribution in [2.45, 2.75) is 51.7 Å². The fourth-order valence-electron chi connectivity index (χ4n) is 3.72. The number of carbonyl (C=O) groups is 1. The molecular formula is C18H35N3O3. The smallest absolute Gasteiger partial charge is 0.317 e. The SMILES string of the molecule is COC(C)(C)CC(C)NC(=O)N1CCC[C@H](CN2CCOCC2)C1. The van der Waals surface area contributed by atoms with Gasteiger partial charge in [0.15, 0.2) is 0 Å². The molecule has 6 nitrogen and oxygen atoms in total. The highest BCUT2D eigenvalue weighted by atomic mass is 16.5. The molecule has 2 amide bonds. The molecule has 2 aliphatic heterocycles. The molecule has 0 saturated carbocycles. The third kappa shape index (κ3) is 6.22. The van der Waals surface area contributed by atoms with E-state index in [2.05, 4.69) is 24.1 Å². The van der Waals surface area contributed by atoms with Gasteiger partial charge in [-0.05, 0) is 46.0 Å². The van der Waals surface area contributed by atoms with Crippen LogP contribution in [-0.2, 0) is 9.47 Å². The van der Waals surface area contributed by atoms with E-state index in [9.17, 15) is 4.79 Å². The summed E-state index contributed by atoms with van der Waals surface area (Å²) >= 11 is 0. The Kier molecular flexibility index (Phi) is 7.32. The van der Waals surface area contributed by atoms with Gasteiger partial charge in [-0.1, -0.05) is 0 Å². The zero-order chi connectivity index (χ0) is 17.6. The normalized spacial score (nSPS) is 24.7. The molecule has 0 aliphatic carbocycles. The summed E-state index contributed by atoms with van der Waals surface area (Å²) in [5.74, 6) is 0.577. The van der Waals surface area contributed by atoms with Crippen molar-refractivity contribution in [1.29, 1.82) is 0 Å². The molecule has 140 valence electrons. The van der Waals surface area contributed by atoms with Gasteiger partial charge in [-0.15, -0.1) is 0 Å². The molecule has 0 spiro atoms. The van der Waals surface area contributed by atoms with Crippen LogP contribution >= 0.6 is 0 Å². The molecule has 24 heavy (non-hydrogen) atoms. The maximum Gasteiger partial charge on any atom is 0.317 e. The Labute approximate surface area is 146 Å². The van der Waals surface area contributed by atoms with Crippen molar-refractivity contribution >= 4 is 6.03 Å². The minimum atomic E-state index is -0.215. The lowest BCUT2D eigenvalue weighted by molar-refractivity contribution is 0.00869. The number of methoxy groups -OCH3 is 1. The monoisotopic (exact) mass is 341 g/mol. The lowest BCUT2D eigenvalue weighted by Crippen LogP contribution is -2.51. The van der Waals surface area contributed by atoms with Crippen LogP contribution in [0, 0.1) is 5.92 Å². The Morgan fingerprint density at radius 3 is 2.71 bits per heavy atom. The second-order valence-electron chi connectivity index (χ2n) is 7.89. The molecule has 0 aromatic carbocycles. The molecule has 2 heterocycles. The summed E-state index contributed by atoms with van der Waals surface area (Å²) in [6.07, 6.45) is 3.12. The van der Waals surface area contributed by atoms with E-state index in [4.69, 9.17) is 9.47 Å². The third-order valence-electron chi connectivity index (χ3n) is 5.15. The number of rotatable bonds is 6. The molecule has 2 rings (SSSR count). The second-order valence-corrected chi connectivity index (χ2v) is 7.89. The topological polar surface area (TPSA) is 54.0 Å². The van der Waals surface area contributed by atoms with Crippen molar-refractivity contribution in [1.82, 2.24) is 15.1 Å². The zero-order valence-electron chi connectivity index (χ0n) is 15.8. The van der Waals surface area contributed by atoms with Crippen LogP contribution in [0.4, 0.5) is 4.79 Å². The van der Waals surface area contributed by atoms with E-state index >= 15 is 0 Å². The number of urea groups is 1. The standard InChI is InChI=1S/C18H35N3O3/c1-15(12-18(2,3)23-4)19-17(22)21-7-5-6-16(14-21)13-20-8-10-24-11-9-20/h15-16H,5-14H2,1-4H3,(H,19,22)/t15?,16-/m1/s1. The van der Waals surface area contributed by atoms with E-state index in [0.29, 0.717) is 5.92 Å². The largest absolute Gasteiger partial charge is 0.379 e. The summed E-state index contributed by atoms with van der Waals surface area (Å²) in [5, 5.41) is 3.14. The first-order valence-corrected chi connectivity index (χ1v) is 9.30. The minimum absolute atomic E-state index is 0.0704. The van der Waals surface area contributed by atoms with E-state index in [0.717, 1.165) is 58.8 Å². The van der Waals surface area contributed by atoms with Gasteiger partial charge in [-0.2, -0.15) is 0 Å². The fraction of sp³-hybridized carbons (Fsp3) is 0.944. The number of carbonyl (C=O) groups excluding carboxylic acids is 1. The molecule has 0 aromatic heterocycles. The van der Waals surface area contributed by atoms with Crippen LogP contribution in [0.5, 0.6) is 0 Å². The highest BCUT2D eigenvalue weighted by Gasteiger charge is 2.27. The van der Waals surface area contributed by atoms with E-state index in [1.54, 1.807) is 7.11 Å². The summed E-state index contributed by atoms with van der Waals surface area (Å²) in [5.41, 5.74) is -0.215. The van der Waals surface area contributed by atoms with E-state index in [-0.39, 0.29) is 17.7 Å². The van der Waals surface area contributed by atoms with Gasteiger partial charge < -0.3 is 19.7 Å². The first kappa shape index (κ1) is 19.5. The summed E-state index contributed by atoms with van der Waals surface area (Å²) in [4.78, 5) is 17.0. The van der Waals surface area contributed by atoms with Crippen molar-refractivity contribution in [3.8, 4) is 0 Å². The number of ether oxygens (including phenoxy) is 2. The molecule has 0 bridgehead atoms. The van der Waals surface area contributed by atoms with Gasteiger partial charge in [0.05, 0.1) is 18.8 Å². The molecule has 2 atom stereocenters. The zero-order valence-corrected chi connectivity index (χ0v) is 15.8. The van der Waals surface area contributed by atoms with Crippen LogP contribution in [-0.4, -0.2) is 80.5 Å². The Morgan fingerprint density at radius 2 is 2.04 bits per heavy atom. The maximum atomic E-state index is 12.6. The van der Waals surface area contributed by atoms with Gasteiger partial charge in [0.2, 0.25) is 0 Å². The van der Waals surface area contributed by atoms with Crippen LogP contribution in [0.25, 0.3) is 0 Å². The van der Waals surface area contributed by atoms with Gasteiger partial charge in [-0.3, -0.25) is 4.90 Å². The van der Waals surface area contributed by atoms with Crippen molar-refractivity contribution in [2.75, 3.05) is 53.0 Å². The number of nitrogens with zero attached hydrogens (tertiary/aromatic N) is 2. The predicted octanol–water partition coefficient (Wildman–Crippen LogP) is 1.94. The average molecular weight is 341 g/mol. The molecule has 6 heteroatoms. The highest BCUT2D eigenvalue weighted by molar-refractivity contribution is 5.74. The minimum Gasteiger partial charge on any atom is -0.379 e. The Balaban J connectivity index is 1.77. The Bertz CT molecular complexity index is 397. The van der Waals surface area contributed by atoms with Crippen LogP contribution < -0.4 is 5.32 Å². The average Bonchev–Trinajstić information content (AvgIpc) is 2.55. The van der Waals surface area contributed by atoms with Gasteiger partial charge >= 0.3 is 6.03 Å². The van der Waals surface area contributed by atoms with Gasteiger partial charge in [0, 0.05) is 45.9 Å². The Morgan fingerprint density at radius 1 is 1.33 bits per heavy atom. The van der Waals surface area contributed by atoms with Crippen LogP contribution in [0.1, 0.15) is 40.0 Å². The van der Waals surface area contributed by atoms with Gasteiger partial charge in [0.1, 0.15) is 0 Å². The number of amides is 2. The number of nitrogens with one attached hydrogen (secondary N) is 1. The van der Waals surface area contributed by atoms with Crippen molar-refractivity contribution in [2.24, 2.45) is 5.92 Å². The molecule has 2 saturated heterocycles. The van der Waals surface area contributed by atoms with Crippen molar-refractivity contribution < 1.29 is 14.3 Å².